The third-order valence-corrected chi connectivity index (χ3v) is 4.60. The Labute approximate surface area is 174 Å². The molecule has 152 valence electrons. The largest absolute Gasteiger partial charge is 0.490 e. The van der Waals surface area contributed by atoms with Gasteiger partial charge >= 0.3 is 5.91 Å². The number of furan rings is 1. The number of benzene rings is 3. The van der Waals surface area contributed by atoms with Gasteiger partial charge in [0.05, 0.1) is 19.4 Å². The molecule has 0 unspecified atom stereocenters. The lowest BCUT2D eigenvalue weighted by Gasteiger charge is -2.11. The van der Waals surface area contributed by atoms with Crippen molar-refractivity contribution in [2.45, 2.75) is 13.8 Å². The average molecular weight is 402 g/mol. The molecular formula is C24H22N2O4. The fraction of sp³-hybridized carbons (Fsp3) is 0.167. The van der Waals surface area contributed by atoms with Gasteiger partial charge in [0.15, 0.2) is 17.3 Å². The number of rotatable bonds is 7. The molecule has 6 heteroatoms. The SMILES string of the molecule is CCOc1ccc(C=NNC(=O)c2cc3c(ccc4ccccc43)o2)cc1OCC. The summed E-state index contributed by atoms with van der Waals surface area (Å²) in [6.45, 7) is 4.91. The second kappa shape index (κ2) is 8.69. The van der Waals surface area contributed by atoms with E-state index in [-0.39, 0.29) is 5.76 Å². The van der Waals surface area contributed by atoms with Crippen LogP contribution in [0.15, 0.2) is 70.2 Å². The first-order valence-electron chi connectivity index (χ1n) is 9.84. The Morgan fingerprint density at radius 1 is 0.967 bits per heavy atom. The first kappa shape index (κ1) is 19.5. The fourth-order valence-electron chi connectivity index (χ4n) is 3.27. The number of ether oxygens (including phenoxy) is 2. The summed E-state index contributed by atoms with van der Waals surface area (Å²) in [5, 5.41) is 7.08. The van der Waals surface area contributed by atoms with E-state index >= 15 is 0 Å². The van der Waals surface area contributed by atoms with Gasteiger partial charge in [-0.2, -0.15) is 5.10 Å². The van der Waals surface area contributed by atoms with Crippen molar-refractivity contribution in [3.63, 3.8) is 0 Å². The van der Waals surface area contributed by atoms with Crippen molar-refractivity contribution in [1.29, 1.82) is 0 Å². The van der Waals surface area contributed by atoms with Gasteiger partial charge in [-0.25, -0.2) is 5.43 Å². The van der Waals surface area contributed by atoms with Crippen LogP contribution in [0.1, 0.15) is 30.0 Å². The highest BCUT2D eigenvalue weighted by Crippen LogP contribution is 2.29. The second-order valence-electron chi connectivity index (χ2n) is 6.58. The highest BCUT2D eigenvalue weighted by atomic mass is 16.5. The van der Waals surface area contributed by atoms with Gasteiger partial charge in [0.2, 0.25) is 0 Å². The van der Waals surface area contributed by atoms with E-state index in [1.807, 2.05) is 68.4 Å². The topological polar surface area (TPSA) is 73.1 Å². The number of hydrogen-bond acceptors (Lipinski definition) is 5. The number of carbonyl (C=O) groups excluding carboxylic acids is 1. The van der Waals surface area contributed by atoms with Gasteiger partial charge in [-0.3, -0.25) is 4.79 Å². The molecule has 0 spiro atoms. The average Bonchev–Trinajstić information content (AvgIpc) is 3.21. The Balaban J connectivity index is 1.51. The number of carbonyl (C=O) groups is 1. The third-order valence-electron chi connectivity index (χ3n) is 4.60. The molecule has 6 nitrogen and oxygen atoms in total. The zero-order valence-electron chi connectivity index (χ0n) is 16.8. The number of nitrogens with one attached hydrogen (secondary N) is 1. The number of amides is 1. The Morgan fingerprint density at radius 2 is 1.77 bits per heavy atom. The van der Waals surface area contributed by atoms with E-state index in [0.29, 0.717) is 30.3 Å². The van der Waals surface area contributed by atoms with Gasteiger partial charge in [-0.1, -0.05) is 30.3 Å². The van der Waals surface area contributed by atoms with Crippen molar-refractivity contribution < 1.29 is 18.7 Å². The molecule has 0 bridgehead atoms. The molecule has 30 heavy (non-hydrogen) atoms. The fourth-order valence-corrected chi connectivity index (χ4v) is 3.27. The summed E-state index contributed by atoms with van der Waals surface area (Å²) in [7, 11) is 0. The Hall–Kier alpha value is -3.80. The van der Waals surface area contributed by atoms with Crippen molar-refractivity contribution in [3.8, 4) is 11.5 Å². The third kappa shape index (κ3) is 3.98. The Morgan fingerprint density at radius 3 is 2.60 bits per heavy atom. The van der Waals surface area contributed by atoms with E-state index in [1.54, 1.807) is 12.3 Å². The molecular weight excluding hydrogens is 380 g/mol. The first-order valence-corrected chi connectivity index (χ1v) is 9.84. The minimum Gasteiger partial charge on any atom is -0.490 e. The van der Waals surface area contributed by atoms with E-state index in [1.165, 1.54) is 0 Å². The van der Waals surface area contributed by atoms with Crippen LogP contribution in [0.2, 0.25) is 0 Å². The highest BCUT2D eigenvalue weighted by Gasteiger charge is 2.13. The van der Waals surface area contributed by atoms with Gasteiger partial charge < -0.3 is 13.9 Å². The van der Waals surface area contributed by atoms with E-state index in [9.17, 15) is 4.79 Å². The minimum atomic E-state index is -0.414. The van der Waals surface area contributed by atoms with Crippen molar-refractivity contribution in [2.75, 3.05) is 13.2 Å². The molecule has 1 heterocycles. The molecule has 1 N–H and O–H groups in total. The van der Waals surface area contributed by atoms with E-state index in [0.717, 1.165) is 21.7 Å². The van der Waals surface area contributed by atoms with Crippen LogP contribution in [-0.4, -0.2) is 25.3 Å². The molecule has 0 aliphatic rings. The maximum atomic E-state index is 12.5. The van der Waals surface area contributed by atoms with Crippen LogP contribution >= 0.6 is 0 Å². The van der Waals surface area contributed by atoms with E-state index < -0.39 is 5.91 Å². The summed E-state index contributed by atoms with van der Waals surface area (Å²) >= 11 is 0. The summed E-state index contributed by atoms with van der Waals surface area (Å²) < 4.78 is 16.9. The summed E-state index contributed by atoms with van der Waals surface area (Å²) in [5.41, 5.74) is 3.95. The molecule has 0 saturated heterocycles. The first-order chi connectivity index (χ1) is 14.7. The Bertz CT molecular complexity index is 1230. The monoisotopic (exact) mass is 402 g/mol. The van der Waals surface area contributed by atoms with Crippen LogP contribution in [0.5, 0.6) is 11.5 Å². The minimum absolute atomic E-state index is 0.209. The number of fused-ring (bicyclic) bond motifs is 3. The van der Waals surface area contributed by atoms with Crippen molar-refractivity contribution in [2.24, 2.45) is 5.10 Å². The molecule has 0 atom stereocenters. The Kier molecular flexibility index (Phi) is 5.66. The molecule has 1 amide bonds. The van der Waals surface area contributed by atoms with Crippen molar-refractivity contribution in [3.05, 3.63) is 72.0 Å². The number of nitrogens with zero attached hydrogens (tertiary/aromatic N) is 1. The molecule has 1 aromatic heterocycles. The summed E-state index contributed by atoms with van der Waals surface area (Å²) in [6, 6.07) is 19.0. The van der Waals surface area contributed by atoms with E-state index in [4.69, 9.17) is 13.9 Å². The number of hydrazone groups is 1. The lowest BCUT2D eigenvalue weighted by molar-refractivity contribution is 0.0929. The van der Waals surface area contributed by atoms with Crippen LogP contribution < -0.4 is 14.9 Å². The summed E-state index contributed by atoms with van der Waals surface area (Å²) in [4.78, 5) is 12.5. The molecule has 0 fully saturated rings. The van der Waals surface area contributed by atoms with Crippen LogP contribution in [0.4, 0.5) is 0 Å². The normalized spacial score (nSPS) is 11.3. The smallest absolute Gasteiger partial charge is 0.307 e. The van der Waals surface area contributed by atoms with Crippen LogP contribution in [0.3, 0.4) is 0 Å². The standard InChI is InChI=1S/C24H22N2O4/c1-3-28-21-11-9-16(13-22(21)29-4-2)15-25-26-24(27)23-14-19-18-8-6-5-7-17(18)10-12-20(19)30-23/h5-15H,3-4H2,1-2H3,(H,26,27). The lowest BCUT2D eigenvalue weighted by atomic mass is 10.1. The predicted molar refractivity (Wildman–Crippen MR) is 118 cm³/mol. The lowest BCUT2D eigenvalue weighted by Crippen LogP contribution is -2.16. The molecule has 3 aromatic carbocycles. The summed E-state index contributed by atoms with van der Waals surface area (Å²) in [6.07, 6.45) is 1.55. The van der Waals surface area contributed by atoms with Crippen LogP contribution in [-0.2, 0) is 0 Å². The quantitative estimate of drug-likeness (QED) is 0.343. The molecule has 4 aromatic rings. The van der Waals surface area contributed by atoms with Crippen molar-refractivity contribution in [1.82, 2.24) is 5.43 Å². The molecule has 0 radical (unpaired) electrons. The highest BCUT2D eigenvalue weighted by molar-refractivity contribution is 6.08. The van der Waals surface area contributed by atoms with Gasteiger partial charge in [0.25, 0.3) is 0 Å². The molecule has 4 rings (SSSR count). The number of hydrogen-bond donors (Lipinski definition) is 1. The molecule has 0 saturated carbocycles. The van der Waals surface area contributed by atoms with Gasteiger partial charge in [-0.15, -0.1) is 0 Å². The molecule has 0 aliphatic heterocycles. The van der Waals surface area contributed by atoms with Gasteiger partial charge in [0, 0.05) is 5.39 Å². The zero-order chi connectivity index (χ0) is 20.9. The van der Waals surface area contributed by atoms with E-state index in [2.05, 4.69) is 10.5 Å². The summed E-state index contributed by atoms with van der Waals surface area (Å²) in [5.74, 6) is 1.11. The maximum Gasteiger partial charge on any atom is 0.307 e. The maximum absolute atomic E-state index is 12.5. The van der Waals surface area contributed by atoms with Gasteiger partial charge in [0.1, 0.15) is 5.58 Å². The van der Waals surface area contributed by atoms with Crippen LogP contribution in [0, 0.1) is 0 Å². The predicted octanol–water partition coefficient (Wildman–Crippen LogP) is 5.15. The van der Waals surface area contributed by atoms with Crippen LogP contribution in [0.25, 0.3) is 21.7 Å². The second-order valence-corrected chi connectivity index (χ2v) is 6.58. The van der Waals surface area contributed by atoms with Gasteiger partial charge in [-0.05, 0) is 60.5 Å². The van der Waals surface area contributed by atoms with Crippen molar-refractivity contribution >= 4 is 33.9 Å². The zero-order valence-corrected chi connectivity index (χ0v) is 16.8. The molecule has 0 aliphatic carbocycles.